The molecule has 3 aromatic carbocycles. The predicted molar refractivity (Wildman–Crippen MR) is 135 cm³/mol. The molecule has 0 aromatic heterocycles. The van der Waals surface area contributed by atoms with Gasteiger partial charge in [-0.2, -0.15) is 8.78 Å². The summed E-state index contributed by atoms with van der Waals surface area (Å²) in [6, 6.07) is 19.3. The van der Waals surface area contributed by atoms with Crippen molar-refractivity contribution in [2.24, 2.45) is 0 Å². The number of halogens is 2. The van der Waals surface area contributed by atoms with Crippen molar-refractivity contribution < 1.29 is 28.2 Å². The van der Waals surface area contributed by atoms with E-state index in [2.05, 4.69) is 5.32 Å². The van der Waals surface area contributed by atoms with Crippen LogP contribution in [0.25, 0.3) is 0 Å². The summed E-state index contributed by atoms with van der Waals surface area (Å²) in [6.07, 6.45) is 1.99. The second-order valence-electron chi connectivity index (χ2n) is 9.22. The zero-order valence-corrected chi connectivity index (χ0v) is 20.6. The summed E-state index contributed by atoms with van der Waals surface area (Å²) in [6.45, 7) is -1.05. The minimum atomic E-state index is -3.07. The van der Waals surface area contributed by atoms with E-state index in [4.69, 9.17) is 4.74 Å². The van der Waals surface area contributed by atoms with Gasteiger partial charge in [-0.1, -0.05) is 54.1 Å². The first-order chi connectivity index (χ1) is 17.8. The Labute approximate surface area is 214 Å². The van der Waals surface area contributed by atoms with Gasteiger partial charge in [0.05, 0.1) is 0 Å². The summed E-state index contributed by atoms with van der Waals surface area (Å²) in [5.74, 6) is -0.702. The number of phenols is 1. The van der Waals surface area contributed by atoms with Gasteiger partial charge in [0.1, 0.15) is 17.5 Å². The van der Waals surface area contributed by atoms with Gasteiger partial charge in [-0.15, -0.1) is 0 Å². The molecular weight excluding hydrogens is 478 g/mol. The zero-order chi connectivity index (χ0) is 26.4. The molecule has 0 spiro atoms. The number of aryl methyl sites for hydroxylation is 2. The first-order valence-electron chi connectivity index (χ1n) is 12.3. The van der Waals surface area contributed by atoms with Gasteiger partial charge in [0.25, 0.3) is 0 Å². The molecule has 1 aliphatic rings. The number of carbonyl (C=O) groups excluding carboxylic acids is 2. The van der Waals surface area contributed by atoms with Crippen LogP contribution in [0.1, 0.15) is 47.6 Å². The third-order valence-corrected chi connectivity index (χ3v) is 6.30. The van der Waals surface area contributed by atoms with Crippen LogP contribution in [0.3, 0.4) is 0 Å². The fourth-order valence-corrected chi connectivity index (χ4v) is 4.34. The van der Waals surface area contributed by atoms with Crippen LogP contribution < -0.4 is 10.1 Å². The summed E-state index contributed by atoms with van der Waals surface area (Å²) >= 11 is 0. The number of rotatable bonds is 11. The van der Waals surface area contributed by atoms with E-state index in [0.717, 1.165) is 29.5 Å². The van der Waals surface area contributed by atoms with Gasteiger partial charge in [0, 0.05) is 24.6 Å². The minimum absolute atomic E-state index is 0.126. The highest BCUT2D eigenvalue weighted by Gasteiger charge is 2.42. The predicted octanol–water partition coefficient (Wildman–Crippen LogP) is 5.28. The lowest BCUT2D eigenvalue weighted by Crippen LogP contribution is -2.45. The number of hydrogen-bond donors (Lipinski definition) is 2. The summed E-state index contributed by atoms with van der Waals surface area (Å²) in [7, 11) is 0. The Bertz CT molecular complexity index is 1210. The fourth-order valence-electron chi connectivity index (χ4n) is 4.34. The Kier molecular flexibility index (Phi) is 8.38. The molecule has 0 heterocycles. The van der Waals surface area contributed by atoms with Gasteiger partial charge < -0.3 is 20.1 Å². The van der Waals surface area contributed by atoms with Crippen molar-refractivity contribution in [2.45, 2.75) is 57.8 Å². The summed E-state index contributed by atoms with van der Waals surface area (Å²) in [5, 5.41) is 12.4. The maximum atomic E-state index is 13.7. The number of nitrogens with one attached hydrogen (secondary N) is 1. The van der Waals surface area contributed by atoms with Crippen molar-refractivity contribution >= 4 is 11.8 Å². The number of ether oxygens (including phenoxy) is 1. The molecule has 4 rings (SSSR count). The maximum Gasteiger partial charge on any atom is 0.387 e. The van der Waals surface area contributed by atoms with E-state index in [1.165, 1.54) is 11.0 Å². The smallest absolute Gasteiger partial charge is 0.387 e. The van der Waals surface area contributed by atoms with Crippen LogP contribution in [0.4, 0.5) is 8.78 Å². The molecule has 0 aliphatic heterocycles. The van der Waals surface area contributed by atoms with Crippen LogP contribution in [0.5, 0.6) is 11.5 Å². The number of hydrogen-bond acceptors (Lipinski definition) is 4. The quantitative estimate of drug-likeness (QED) is 0.369. The molecule has 0 saturated heterocycles. The van der Waals surface area contributed by atoms with E-state index >= 15 is 0 Å². The van der Waals surface area contributed by atoms with Gasteiger partial charge in [0.2, 0.25) is 11.8 Å². The molecule has 1 unspecified atom stereocenters. The Balaban J connectivity index is 1.65. The van der Waals surface area contributed by atoms with E-state index in [0.29, 0.717) is 6.42 Å². The highest BCUT2D eigenvalue weighted by molar-refractivity contribution is 5.90. The van der Waals surface area contributed by atoms with Crippen LogP contribution in [0.15, 0.2) is 72.8 Å². The van der Waals surface area contributed by atoms with E-state index in [1.54, 1.807) is 43.3 Å². The Morgan fingerprint density at radius 2 is 1.73 bits per heavy atom. The van der Waals surface area contributed by atoms with E-state index in [9.17, 15) is 23.5 Å². The average molecular weight is 509 g/mol. The van der Waals surface area contributed by atoms with Gasteiger partial charge in [0.15, 0.2) is 0 Å². The monoisotopic (exact) mass is 508 g/mol. The number of phenolic OH excluding ortho intramolecular Hbond substituents is 1. The van der Waals surface area contributed by atoms with Crippen molar-refractivity contribution in [3.8, 4) is 11.5 Å². The molecule has 3 aromatic rings. The molecule has 1 saturated carbocycles. The average Bonchev–Trinajstić information content (AvgIpc) is 3.72. The number of benzene rings is 3. The Morgan fingerprint density at radius 1 is 1.03 bits per heavy atom. The fraction of sp³-hybridized carbons (Fsp3) is 0.310. The molecule has 37 heavy (non-hydrogen) atoms. The van der Waals surface area contributed by atoms with Gasteiger partial charge in [-0.3, -0.25) is 9.59 Å². The molecule has 0 radical (unpaired) electrons. The largest absolute Gasteiger partial charge is 0.508 e. The molecule has 1 atom stereocenters. The highest BCUT2D eigenvalue weighted by Crippen LogP contribution is 2.39. The number of aromatic hydroxyl groups is 1. The molecule has 194 valence electrons. The standard InChI is InChI=1S/C29H30F2N2O4/c1-19-7-15-25(37-29(30)31)24(17-19)27(28(36)32-18-21-5-3-2-4-6-21)33(22-11-12-22)26(35)16-10-20-8-13-23(34)14-9-20/h2-9,13-15,17,22,27,29,34H,10-12,16,18H2,1H3,(H,32,36). The molecule has 0 bridgehead atoms. The number of nitrogens with zero attached hydrogens (tertiary/aromatic N) is 1. The SMILES string of the molecule is Cc1ccc(OC(F)F)c(C(C(=O)NCc2ccccc2)N(C(=O)CCc2ccc(O)cc2)C2CC2)c1. The maximum absolute atomic E-state index is 13.7. The number of amides is 2. The van der Waals surface area contributed by atoms with Crippen LogP contribution in [-0.4, -0.2) is 34.5 Å². The molecule has 1 fully saturated rings. The lowest BCUT2D eigenvalue weighted by molar-refractivity contribution is -0.141. The van der Waals surface area contributed by atoms with Crippen molar-refractivity contribution in [3.63, 3.8) is 0 Å². The molecule has 6 nitrogen and oxygen atoms in total. The molecule has 2 N–H and O–H groups in total. The summed E-state index contributed by atoms with van der Waals surface area (Å²) in [5.41, 5.74) is 2.73. The third-order valence-electron chi connectivity index (χ3n) is 6.30. The van der Waals surface area contributed by atoms with Crippen LogP contribution in [0, 0.1) is 6.92 Å². The van der Waals surface area contributed by atoms with E-state index in [-0.39, 0.29) is 42.0 Å². The van der Waals surface area contributed by atoms with Crippen molar-refractivity contribution in [3.05, 3.63) is 95.1 Å². The Morgan fingerprint density at radius 3 is 2.38 bits per heavy atom. The summed E-state index contributed by atoms with van der Waals surface area (Å²) in [4.78, 5) is 28.8. The first kappa shape index (κ1) is 26.1. The van der Waals surface area contributed by atoms with Gasteiger partial charge in [-0.25, -0.2) is 0 Å². The molecule has 1 aliphatic carbocycles. The number of alkyl halides is 2. The van der Waals surface area contributed by atoms with Crippen molar-refractivity contribution in [1.82, 2.24) is 10.2 Å². The van der Waals surface area contributed by atoms with Gasteiger partial charge >= 0.3 is 6.61 Å². The molecule has 2 amide bonds. The minimum Gasteiger partial charge on any atom is -0.508 e. The first-order valence-corrected chi connectivity index (χ1v) is 12.3. The van der Waals surface area contributed by atoms with Crippen LogP contribution >= 0.6 is 0 Å². The highest BCUT2D eigenvalue weighted by atomic mass is 19.3. The lowest BCUT2D eigenvalue weighted by Gasteiger charge is -2.33. The van der Waals surface area contributed by atoms with E-state index < -0.39 is 18.6 Å². The Hall–Kier alpha value is -3.94. The third kappa shape index (κ3) is 7.06. The van der Waals surface area contributed by atoms with E-state index in [1.807, 2.05) is 30.3 Å². The van der Waals surface area contributed by atoms with Crippen molar-refractivity contribution in [1.29, 1.82) is 0 Å². The lowest BCUT2D eigenvalue weighted by atomic mass is 9.99. The second kappa shape index (κ2) is 11.9. The topological polar surface area (TPSA) is 78.9 Å². The van der Waals surface area contributed by atoms with Gasteiger partial charge in [-0.05, 0) is 61.6 Å². The molecule has 8 heteroatoms. The molecular formula is C29H30F2N2O4. The second-order valence-corrected chi connectivity index (χ2v) is 9.22. The number of carbonyl (C=O) groups is 2. The summed E-state index contributed by atoms with van der Waals surface area (Å²) < 4.78 is 31.4. The normalized spacial score (nSPS) is 13.7. The van der Waals surface area contributed by atoms with Crippen molar-refractivity contribution in [2.75, 3.05) is 0 Å². The van der Waals surface area contributed by atoms with Crippen LogP contribution in [-0.2, 0) is 22.6 Å². The van der Waals surface area contributed by atoms with Crippen LogP contribution in [0.2, 0.25) is 0 Å². The zero-order valence-electron chi connectivity index (χ0n) is 20.6.